The first-order valence-corrected chi connectivity index (χ1v) is 11.2. The van der Waals surface area contributed by atoms with Crippen LogP contribution < -0.4 is 10.9 Å². The van der Waals surface area contributed by atoms with E-state index >= 15 is 0 Å². The molecule has 0 spiro atoms. The molecule has 1 aromatic heterocycles. The van der Waals surface area contributed by atoms with Gasteiger partial charge in [-0.3, -0.25) is 9.59 Å². The quantitative estimate of drug-likeness (QED) is 0.781. The molecular formula is C21H27N3O4S. The first kappa shape index (κ1) is 21.3. The summed E-state index contributed by atoms with van der Waals surface area (Å²) in [6.45, 7) is 6.18. The van der Waals surface area contributed by atoms with Gasteiger partial charge in [-0.05, 0) is 69.5 Å². The molecule has 1 aliphatic rings. The predicted molar refractivity (Wildman–Crippen MR) is 111 cm³/mol. The number of aromatic nitrogens is 1. The maximum Gasteiger partial charge on any atom is 0.253 e. The molecular weight excluding hydrogens is 390 g/mol. The van der Waals surface area contributed by atoms with Crippen LogP contribution in [0.4, 0.5) is 0 Å². The van der Waals surface area contributed by atoms with Gasteiger partial charge in [0.15, 0.2) is 0 Å². The van der Waals surface area contributed by atoms with Crippen LogP contribution >= 0.6 is 0 Å². The van der Waals surface area contributed by atoms with Gasteiger partial charge in [-0.15, -0.1) is 0 Å². The van der Waals surface area contributed by atoms with Crippen molar-refractivity contribution in [2.24, 2.45) is 0 Å². The maximum atomic E-state index is 12.9. The second kappa shape index (κ2) is 8.51. The van der Waals surface area contributed by atoms with Crippen LogP contribution in [-0.4, -0.2) is 36.2 Å². The Morgan fingerprint density at radius 1 is 1.21 bits per heavy atom. The number of sulfonamides is 1. The third kappa shape index (κ3) is 4.59. The van der Waals surface area contributed by atoms with Gasteiger partial charge in [0.1, 0.15) is 0 Å². The number of nitrogens with zero attached hydrogens (tertiary/aromatic N) is 1. The molecule has 1 saturated heterocycles. The molecule has 0 saturated carbocycles. The predicted octanol–water partition coefficient (Wildman–Crippen LogP) is 2.48. The number of carbonyl (C=O) groups is 1. The van der Waals surface area contributed by atoms with Gasteiger partial charge in [0.2, 0.25) is 10.0 Å². The lowest BCUT2D eigenvalue weighted by atomic mass is 10.1. The van der Waals surface area contributed by atoms with Crippen molar-refractivity contribution in [3.05, 3.63) is 63.1 Å². The van der Waals surface area contributed by atoms with Gasteiger partial charge in [-0.2, -0.15) is 4.31 Å². The Kier molecular flexibility index (Phi) is 6.24. The summed E-state index contributed by atoms with van der Waals surface area (Å²) in [4.78, 5) is 27.4. The number of rotatable bonds is 5. The number of benzene rings is 1. The summed E-state index contributed by atoms with van der Waals surface area (Å²) in [5.74, 6) is -0.361. The molecule has 1 fully saturated rings. The zero-order chi connectivity index (χ0) is 21.2. The average molecular weight is 418 g/mol. The monoisotopic (exact) mass is 417 g/mol. The molecule has 0 radical (unpaired) electrons. The highest BCUT2D eigenvalue weighted by atomic mass is 32.2. The minimum Gasteiger partial charge on any atom is -0.348 e. The molecule has 8 heteroatoms. The zero-order valence-corrected chi connectivity index (χ0v) is 17.8. The van der Waals surface area contributed by atoms with Crippen LogP contribution in [0.2, 0.25) is 0 Å². The SMILES string of the molecule is Cc1cc(C)c(CNC(=O)c2ccc(S(=O)(=O)N3CCCCC3C)cc2)c(=O)[nH]1. The van der Waals surface area contributed by atoms with E-state index in [4.69, 9.17) is 0 Å². The summed E-state index contributed by atoms with van der Waals surface area (Å²) in [6.07, 6.45) is 2.76. The van der Waals surface area contributed by atoms with Crippen molar-refractivity contribution in [1.82, 2.24) is 14.6 Å². The topological polar surface area (TPSA) is 99.3 Å². The van der Waals surface area contributed by atoms with Crippen molar-refractivity contribution in [2.75, 3.05) is 6.54 Å². The summed E-state index contributed by atoms with van der Waals surface area (Å²) >= 11 is 0. The molecule has 0 bridgehead atoms. The number of aryl methyl sites for hydroxylation is 2. The van der Waals surface area contributed by atoms with E-state index in [0.717, 1.165) is 30.5 Å². The highest BCUT2D eigenvalue weighted by Gasteiger charge is 2.30. The second-order valence-electron chi connectivity index (χ2n) is 7.61. The molecule has 0 aliphatic carbocycles. The van der Waals surface area contributed by atoms with E-state index in [1.165, 1.54) is 28.6 Å². The molecule has 29 heavy (non-hydrogen) atoms. The zero-order valence-electron chi connectivity index (χ0n) is 17.0. The summed E-state index contributed by atoms with van der Waals surface area (Å²) < 4.78 is 27.3. The fraction of sp³-hybridized carbons (Fsp3) is 0.429. The normalized spacial score (nSPS) is 17.8. The summed E-state index contributed by atoms with van der Waals surface area (Å²) in [5.41, 5.74) is 2.20. The van der Waals surface area contributed by atoms with Crippen molar-refractivity contribution in [3.8, 4) is 0 Å². The number of pyridine rings is 1. The van der Waals surface area contributed by atoms with Crippen LogP contribution in [0.15, 0.2) is 40.0 Å². The van der Waals surface area contributed by atoms with Gasteiger partial charge in [-0.25, -0.2) is 8.42 Å². The molecule has 2 N–H and O–H groups in total. The van der Waals surface area contributed by atoms with Gasteiger partial charge in [0, 0.05) is 36.0 Å². The Labute approximate surface area is 171 Å². The Bertz CT molecular complexity index is 1060. The molecule has 156 valence electrons. The first-order chi connectivity index (χ1) is 13.7. The van der Waals surface area contributed by atoms with Crippen molar-refractivity contribution in [3.63, 3.8) is 0 Å². The molecule has 1 unspecified atom stereocenters. The number of H-pyrrole nitrogens is 1. The van der Waals surface area contributed by atoms with Gasteiger partial charge in [-0.1, -0.05) is 6.42 Å². The lowest BCUT2D eigenvalue weighted by Gasteiger charge is -2.32. The molecule has 1 atom stereocenters. The Morgan fingerprint density at radius 3 is 2.52 bits per heavy atom. The van der Waals surface area contributed by atoms with Gasteiger partial charge >= 0.3 is 0 Å². The Morgan fingerprint density at radius 2 is 1.90 bits per heavy atom. The Hall–Kier alpha value is -2.45. The fourth-order valence-corrected chi connectivity index (χ4v) is 5.41. The lowest BCUT2D eigenvalue weighted by molar-refractivity contribution is 0.0950. The third-order valence-electron chi connectivity index (χ3n) is 5.38. The molecule has 3 rings (SSSR count). The Balaban J connectivity index is 1.71. The van der Waals surface area contributed by atoms with E-state index in [0.29, 0.717) is 17.7 Å². The minimum absolute atomic E-state index is 0.0208. The fourth-order valence-electron chi connectivity index (χ4n) is 3.71. The first-order valence-electron chi connectivity index (χ1n) is 9.79. The van der Waals surface area contributed by atoms with Gasteiger partial charge in [0.05, 0.1) is 4.90 Å². The van der Waals surface area contributed by atoms with Gasteiger partial charge < -0.3 is 10.3 Å². The number of hydrogen-bond acceptors (Lipinski definition) is 4. The third-order valence-corrected chi connectivity index (χ3v) is 7.41. The highest BCUT2D eigenvalue weighted by molar-refractivity contribution is 7.89. The number of nitrogens with one attached hydrogen (secondary N) is 2. The lowest BCUT2D eigenvalue weighted by Crippen LogP contribution is -2.41. The summed E-state index contributed by atoms with van der Waals surface area (Å²) in [7, 11) is -3.57. The standard InChI is InChI=1S/C21H27N3O4S/c1-14-12-15(2)23-21(26)19(14)13-22-20(25)17-7-9-18(10-8-17)29(27,28)24-11-5-4-6-16(24)3/h7-10,12,16H,4-6,11,13H2,1-3H3,(H,22,25)(H,23,26). The van der Waals surface area contributed by atoms with Crippen LogP contribution in [0.3, 0.4) is 0 Å². The maximum absolute atomic E-state index is 12.9. The van der Waals surface area contributed by atoms with E-state index in [1.54, 1.807) is 6.92 Å². The van der Waals surface area contributed by atoms with E-state index in [9.17, 15) is 18.0 Å². The number of carbonyl (C=O) groups excluding carboxylic acids is 1. The number of aromatic amines is 1. The smallest absolute Gasteiger partial charge is 0.253 e. The summed E-state index contributed by atoms with van der Waals surface area (Å²) in [5, 5.41) is 2.73. The van der Waals surface area contributed by atoms with Crippen LogP contribution in [-0.2, 0) is 16.6 Å². The van der Waals surface area contributed by atoms with Gasteiger partial charge in [0.25, 0.3) is 11.5 Å². The molecule has 1 amide bonds. The van der Waals surface area contributed by atoms with Crippen LogP contribution in [0.25, 0.3) is 0 Å². The largest absolute Gasteiger partial charge is 0.348 e. The molecule has 1 aliphatic heterocycles. The van der Waals surface area contributed by atoms with E-state index < -0.39 is 10.0 Å². The van der Waals surface area contributed by atoms with Crippen LogP contribution in [0, 0.1) is 13.8 Å². The summed E-state index contributed by atoms with van der Waals surface area (Å²) in [6, 6.07) is 7.77. The van der Waals surface area contributed by atoms with E-state index in [-0.39, 0.29) is 28.9 Å². The van der Waals surface area contributed by atoms with E-state index in [1.807, 2.05) is 19.9 Å². The molecule has 2 heterocycles. The minimum atomic E-state index is -3.57. The number of hydrogen-bond donors (Lipinski definition) is 2. The molecule has 1 aromatic carbocycles. The highest BCUT2D eigenvalue weighted by Crippen LogP contribution is 2.25. The van der Waals surface area contributed by atoms with Crippen molar-refractivity contribution in [2.45, 2.75) is 57.5 Å². The van der Waals surface area contributed by atoms with Crippen molar-refractivity contribution in [1.29, 1.82) is 0 Å². The van der Waals surface area contributed by atoms with E-state index in [2.05, 4.69) is 10.3 Å². The number of piperidine rings is 1. The molecule has 2 aromatic rings. The average Bonchev–Trinajstić information content (AvgIpc) is 2.67. The van der Waals surface area contributed by atoms with Crippen molar-refractivity contribution >= 4 is 15.9 Å². The second-order valence-corrected chi connectivity index (χ2v) is 9.50. The molecule has 7 nitrogen and oxygen atoms in total. The van der Waals surface area contributed by atoms with Crippen LogP contribution in [0.1, 0.15) is 53.4 Å². The van der Waals surface area contributed by atoms with Crippen LogP contribution in [0.5, 0.6) is 0 Å². The number of amides is 1. The van der Waals surface area contributed by atoms with Crippen molar-refractivity contribution < 1.29 is 13.2 Å².